The SMILES string of the molecule is CCC(O)CCNC(=O)c1cc(N)c(C)cc1C. The second-order valence-corrected chi connectivity index (χ2v) is 4.63. The summed E-state index contributed by atoms with van der Waals surface area (Å²) in [5, 5.41) is 12.2. The molecule has 1 amide bonds. The Balaban J connectivity index is 2.64. The number of nitrogen functional groups attached to an aromatic ring is 1. The molecule has 0 saturated carbocycles. The molecule has 1 aromatic carbocycles. The van der Waals surface area contributed by atoms with Gasteiger partial charge in [-0.2, -0.15) is 0 Å². The first-order chi connectivity index (χ1) is 8.45. The Morgan fingerprint density at radius 3 is 2.67 bits per heavy atom. The van der Waals surface area contributed by atoms with Gasteiger partial charge >= 0.3 is 0 Å². The van der Waals surface area contributed by atoms with E-state index in [0.29, 0.717) is 30.6 Å². The lowest BCUT2D eigenvalue weighted by molar-refractivity contribution is 0.0941. The molecule has 18 heavy (non-hydrogen) atoms. The summed E-state index contributed by atoms with van der Waals surface area (Å²) in [4.78, 5) is 12.0. The average molecular weight is 250 g/mol. The maximum absolute atomic E-state index is 12.0. The number of nitrogens with two attached hydrogens (primary N) is 1. The van der Waals surface area contributed by atoms with Crippen molar-refractivity contribution in [2.24, 2.45) is 0 Å². The second-order valence-electron chi connectivity index (χ2n) is 4.63. The van der Waals surface area contributed by atoms with Gasteiger partial charge in [-0.25, -0.2) is 0 Å². The number of benzene rings is 1. The van der Waals surface area contributed by atoms with Crippen LogP contribution in [0.3, 0.4) is 0 Å². The third kappa shape index (κ3) is 3.74. The summed E-state index contributed by atoms with van der Waals surface area (Å²) in [7, 11) is 0. The average Bonchev–Trinajstić information content (AvgIpc) is 2.33. The zero-order valence-electron chi connectivity index (χ0n) is 11.3. The molecule has 100 valence electrons. The summed E-state index contributed by atoms with van der Waals surface area (Å²) < 4.78 is 0. The smallest absolute Gasteiger partial charge is 0.251 e. The maximum Gasteiger partial charge on any atom is 0.251 e. The predicted molar refractivity (Wildman–Crippen MR) is 73.6 cm³/mol. The molecule has 0 radical (unpaired) electrons. The number of hydrogen-bond acceptors (Lipinski definition) is 3. The van der Waals surface area contributed by atoms with Crippen LogP contribution in [0.25, 0.3) is 0 Å². The van der Waals surface area contributed by atoms with E-state index in [1.54, 1.807) is 6.07 Å². The molecular weight excluding hydrogens is 228 g/mol. The molecule has 4 nitrogen and oxygen atoms in total. The van der Waals surface area contributed by atoms with Crippen molar-refractivity contribution in [2.75, 3.05) is 12.3 Å². The van der Waals surface area contributed by atoms with Gasteiger partial charge in [0.1, 0.15) is 0 Å². The molecule has 0 saturated heterocycles. The number of nitrogens with one attached hydrogen (secondary N) is 1. The Kier molecular flexibility index (Phi) is 5.16. The number of anilines is 1. The summed E-state index contributed by atoms with van der Waals surface area (Å²) in [6, 6.07) is 3.61. The van der Waals surface area contributed by atoms with Crippen molar-refractivity contribution < 1.29 is 9.90 Å². The van der Waals surface area contributed by atoms with E-state index in [-0.39, 0.29) is 12.0 Å². The summed E-state index contributed by atoms with van der Waals surface area (Å²) in [5.74, 6) is -0.137. The third-order valence-corrected chi connectivity index (χ3v) is 3.09. The fraction of sp³-hybridized carbons (Fsp3) is 0.500. The molecule has 1 aromatic rings. The number of aliphatic hydroxyl groups excluding tert-OH is 1. The van der Waals surface area contributed by atoms with Gasteiger partial charge in [0.05, 0.1) is 6.10 Å². The molecule has 1 atom stereocenters. The molecule has 4 heteroatoms. The Bertz CT molecular complexity index is 430. The zero-order chi connectivity index (χ0) is 13.7. The van der Waals surface area contributed by atoms with Gasteiger partial charge in [0.2, 0.25) is 0 Å². The van der Waals surface area contributed by atoms with Gasteiger partial charge in [-0.15, -0.1) is 0 Å². The molecule has 0 aliphatic rings. The lowest BCUT2D eigenvalue weighted by Crippen LogP contribution is -2.27. The molecule has 1 rings (SSSR count). The fourth-order valence-corrected chi connectivity index (χ4v) is 1.77. The number of hydrogen-bond donors (Lipinski definition) is 3. The van der Waals surface area contributed by atoms with E-state index in [0.717, 1.165) is 11.1 Å². The molecule has 4 N–H and O–H groups in total. The van der Waals surface area contributed by atoms with Crippen LogP contribution in [0.2, 0.25) is 0 Å². The number of carbonyl (C=O) groups excluding carboxylic acids is 1. The van der Waals surface area contributed by atoms with Gasteiger partial charge in [-0.05, 0) is 43.9 Å². The topological polar surface area (TPSA) is 75.3 Å². The molecule has 0 aromatic heterocycles. The van der Waals surface area contributed by atoms with Gasteiger partial charge < -0.3 is 16.2 Å². The second kappa shape index (κ2) is 6.40. The van der Waals surface area contributed by atoms with Gasteiger partial charge in [0, 0.05) is 17.8 Å². The third-order valence-electron chi connectivity index (χ3n) is 3.09. The van der Waals surface area contributed by atoms with Crippen molar-refractivity contribution in [2.45, 2.75) is 39.7 Å². The predicted octanol–water partition coefficient (Wildman–Crippen LogP) is 1.78. The minimum absolute atomic E-state index is 0.137. The zero-order valence-corrected chi connectivity index (χ0v) is 11.3. The molecule has 0 spiro atoms. The van der Waals surface area contributed by atoms with E-state index in [1.807, 2.05) is 26.8 Å². The molecule has 0 aliphatic carbocycles. The number of carbonyl (C=O) groups is 1. The van der Waals surface area contributed by atoms with E-state index in [2.05, 4.69) is 5.32 Å². The molecule has 0 bridgehead atoms. The molecule has 0 heterocycles. The van der Waals surface area contributed by atoms with Crippen LogP contribution in [0.4, 0.5) is 5.69 Å². The standard InChI is InChI=1S/C14H22N2O2/c1-4-11(17)5-6-16-14(18)12-8-13(15)10(3)7-9(12)2/h7-8,11,17H,4-6,15H2,1-3H3,(H,16,18). The lowest BCUT2D eigenvalue weighted by Gasteiger charge is -2.11. The van der Waals surface area contributed by atoms with E-state index in [4.69, 9.17) is 5.73 Å². The van der Waals surface area contributed by atoms with Crippen molar-refractivity contribution in [3.8, 4) is 0 Å². The van der Waals surface area contributed by atoms with E-state index in [9.17, 15) is 9.90 Å². The molecule has 0 aliphatic heterocycles. The maximum atomic E-state index is 12.0. The van der Waals surface area contributed by atoms with Crippen molar-refractivity contribution in [1.29, 1.82) is 0 Å². The van der Waals surface area contributed by atoms with Gasteiger partial charge in [-0.3, -0.25) is 4.79 Å². The molecular formula is C14H22N2O2. The molecule has 0 fully saturated rings. The van der Waals surface area contributed by atoms with Crippen LogP contribution in [-0.4, -0.2) is 23.7 Å². The summed E-state index contributed by atoms with van der Waals surface area (Å²) in [5.41, 5.74) is 8.92. The lowest BCUT2D eigenvalue weighted by atomic mass is 10.0. The quantitative estimate of drug-likeness (QED) is 0.697. The minimum atomic E-state index is -0.352. The van der Waals surface area contributed by atoms with Gasteiger partial charge in [0.25, 0.3) is 5.91 Å². The minimum Gasteiger partial charge on any atom is -0.398 e. The highest BCUT2D eigenvalue weighted by atomic mass is 16.3. The highest BCUT2D eigenvalue weighted by Gasteiger charge is 2.11. The van der Waals surface area contributed by atoms with Crippen LogP contribution in [0.5, 0.6) is 0 Å². The van der Waals surface area contributed by atoms with E-state index >= 15 is 0 Å². The number of aliphatic hydroxyl groups is 1. The largest absolute Gasteiger partial charge is 0.398 e. The van der Waals surface area contributed by atoms with Crippen LogP contribution in [0.15, 0.2) is 12.1 Å². The van der Waals surface area contributed by atoms with Crippen molar-refractivity contribution in [3.63, 3.8) is 0 Å². The monoisotopic (exact) mass is 250 g/mol. The normalized spacial score (nSPS) is 12.2. The van der Waals surface area contributed by atoms with Gasteiger partial charge in [-0.1, -0.05) is 13.0 Å². The summed E-state index contributed by atoms with van der Waals surface area (Å²) >= 11 is 0. The highest BCUT2D eigenvalue weighted by molar-refractivity contribution is 5.96. The van der Waals surface area contributed by atoms with E-state index < -0.39 is 0 Å². The fourth-order valence-electron chi connectivity index (χ4n) is 1.77. The van der Waals surface area contributed by atoms with Crippen LogP contribution in [-0.2, 0) is 0 Å². The van der Waals surface area contributed by atoms with Crippen LogP contribution >= 0.6 is 0 Å². The summed E-state index contributed by atoms with van der Waals surface area (Å²) in [6.45, 7) is 6.20. The van der Waals surface area contributed by atoms with Crippen molar-refractivity contribution in [3.05, 3.63) is 28.8 Å². The van der Waals surface area contributed by atoms with Crippen molar-refractivity contribution in [1.82, 2.24) is 5.32 Å². The number of rotatable bonds is 5. The Morgan fingerprint density at radius 2 is 2.06 bits per heavy atom. The first kappa shape index (κ1) is 14.5. The van der Waals surface area contributed by atoms with Crippen LogP contribution in [0.1, 0.15) is 41.3 Å². The van der Waals surface area contributed by atoms with Crippen LogP contribution < -0.4 is 11.1 Å². The summed E-state index contributed by atoms with van der Waals surface area (Å²) in [6.07, 6.45) is 0.920. The Labute approximate surface area is 108 Å². The number of aryl methyl sites for hydroxylation is 2. The van der Waals surface area contributed by atoms with E-state index in [1.165, 1.54) is 0 Å². The van der Waals surface area contributed by atoms with Crippen molar-refractivity contribution >= 4 is 11.6 Å². The first-order valence-corrected chi connectivity index (χ1v) is 6.28. The van der Waals surface area contributed by atoms with Gasteiger partial charge in [0.15, 0.2) is 0 Å². The molecule has 1 unspecified atom stereocenters. The Hall–Kier alpha value is -1.55. The highest BCUT2D eigenvalue weighted by Crippen LogP contribution is 2.17. The first-order valence-electron chi connectivity index (χ1n) is 6.28. The Morgan fingerprint density at radius 1 is 1.39 bits per heavy atom. The van der Waals surface area contributed by atoms with Crippen LogP contribution in [0, 0.1) is 13.8 Å². The number of amides is 1.